The van der Waals surface area contributed by atoms with E-state index < -0.39 is 10.0 Å². The highest BCUT2D eigenvalue weighted by atomic mass is 32.2. The van der Waals surface area contributed by atoms with Gasteiger partial charge in [-0.2, -0.15) is 0 Å². The van der Waals surface area contributed by atoms with Crippen LogP contribution in [-0.4, -0.2) is 35.9 Å². The van der Waals surface area contributed by atoms with Gasteiger partial charge in [-0.05, 0) is 49.7 Å². The second-order valence-electron chi connectivity index (χ2n) is 6.39. The Bertz CT molecular complexity index is 1110. The molecule has 0 radical (unpaired) electrons. The summed E-state index contributed by atoms with van der Waals surface area (Å²) in [5.74, 6) is -0.0653. The number of anilines is 3. The summed E-state index contributed by atoms with van der Waals surface area (Å²) in [5.41, 5.74) is 2.99. The minimum Gasteiger partial charge on any atom is -0.330 e. The van der Waals surface area contributed by atoms with Gasteiger partial charge in [0, 0.05) is 16.9 Å². The van der Waals surface area contributed by atoms with Crippen molar-refractivity contribution in [1.82, 2.24) is 10.2 Å². The number of hydrogen-bond donors (Lipinski definition) is 2. The van der Waals surface area contributed by atoms with Crippen molar-refractivity contribution in [1.29, 1.82) is 0 Å². The molecule has 0 bridgehead atoms. The number of sulfonamides is 1. The molecular weight excluding hydrogens is 428 g/mol. The van der Waals surface area contributed by atoms with E-state index in [-0.39, 0.29) is 11.0 Å². The molecule has 7 nitrogen and oxygen atoms in total. The lowest BCUT2D eigenvalue weighted by molar-refractivity contribution is 0.0994. The topological polar surface area (TPSA) is 101 Å². The van der Waals surface area contributed by atoms with E-state index in [1.807, 2.05) is 38.1 Å². The second kappa shape index (κ2) is 8.93. The minimum atomic E-state index is -3.35. The molecule has 3 rings (SSSR count). The first-order valence-electron chi connectivity index (χ1n) is 8.66. The van der Waals surface area contributed by atoms with Crippen LogP contribution in [0.4, 0.5) is 16.5 Å². The maximum atomic E-state index is 12.7. The molecule has 0 aliphatic rings. The van der Waals surface area contributed by atoms with Gasteiger partial charge >= 0.3 is 0 Å². The summed E-state index contributed by atoms with van der Waals surface area (Å²) in [6, 6.07) is 14.3. The third kappa shape index (κ3) is 6.02. The molecule has 0 fully saturated rings. The molecule has 152 valence electrons. The van der Waals surface area contributed by atoms with Crippen molar-refractivity contribution in [2.75, 3.05) is 16.3 Å². The molecule has 1 atom stereocenters. The molecule has 1 aromatic heterocycles. The molecule has 0 spiro atoms. The number of carbonyl (C=O) groups excluding carboxylic acids is 1. The molecule has 0 aliphatic heterocycles. The van der Waals surface area contributed by atoms with Crippen molar-refractivity contribution < 1.29 is 13.2 Å². The lowest BCUT2D eigenvalue weighted by Gasteiger charge is -2.09. The molecule has 0 aliphatic carbocycles. The number of nitrogens with zero attached hydrogens (tertiary/aromatic N) is 2. The average molecular weight is 449 g/mol. The Morgan fingerprint density at radius 3 is 2.45 bits per heavy atom. The summed E-state index contributed by atoms with van der Waals surface area (Å²) in [6.07, 6.45) is 1.08. The van der Waals surface area contributed by atoms with E-state index in [9.17, 15) is 13.2 Å². The van der Waals surface area contributed by atoms with E-state index in [4.69, 9.17) is 0 Å². The van der Waals surface area contributed by atoms with Crippen LogP contribution in [0.1, 0.15) is 22.8 Å². The number of para-hydroxylation sites is 1. The third-order valence-corrected chi connectivity index (χ3v) is 6.54. The first-order chi connectivity index (χ1) is 13.7. The maximum absolute atomic E-state index is 12.7. The Kier molecular flexibility index (Phi) is 6.56. The van der Waals surface area contributed by atoms with E-state index >= 15 is 0 Å². The van der Waals surface area contributed by atoms with Gasteiger partial charge in [0.05, 0.1) is 11.5 Å². The first-order valence-corrected chi connectivity index (χ1v) is 12.2. The molecule has 29 heavy (non-hydrogen) atoms. The molecule has 1 heterocycles. The number of aromatic nitrogens is 2. The van der Waals surface area contributed by atoms with E-state index in [2.05, 4.69) is 20.2 Å². The van der Waals surface area contributed by atoms with Crippen molar-refractivity contribution in [3.8, 4) is 0 Å². The lowest BCUT2D eigenvalue weighted by atomic mass is 10.1. The van der Waals surface area contributed by atoms with Crippen LogP contribution in [0.3, 0.4) is 0 Å². The van der Waals surface area contributed by atoms with E-state index in [0.29, 0.717) is 20.7 Å². The molecule has 3 aromatic rings. The number of Topliss-reactive ketones (excluding diaryl/α,β-unsaturated/α-hetero) is 1. The number of ketones is 1. The van der Waals surface area contributed by atoms with Gasteiger partial charge in [0.15, 0.2) is 10.1 Å². The Morgan fingerprint density at radius 2 is 1.79 bits per heavy atom. The number of rotatable bonds is 8. The minimum absolute atomic E-state index is 0.0653. The van der Waals surface area contributed by atoms with Gasteiger partial charge in [-0.1, -0.05) is 41.3 Å². The van der Waals surface area contributed by atoms with E-state index in [1.165, 1.54) is 23.1 Å². The average Bonchev–Trinajstić information content (AvgIpc) is 3.09. The fourth-order valence-electron chi connectivity index (χ4n) is 2.49. The monoisotopic (exact) mass is 448 g/mol. The van der Waals surface area contributed by atoms with Gasteiger partial charge in [0.2, 0.25) is 15.2 Å². The van der Waals surface area contributed by atoms with Gasteiger partial charge in [-0.3, -0.25) is 9.52 Å². The number of carbonyl (C=O) groups is 1. The van der Waals surface area contributed by atoms with Gasteiger partial charge < -0.3 is 5.32 Å². The van der Waals surface area contributed by atoms with Crippen LogP contribution in [-0.2, 0) is 10.0 Å². The van der Waals surface area contributed by atoms with E-state index in [0.717, 1.165) is 17.5 Å². The molecule has 2 aromatic carbocycles. The highest BCUT2D eigenvalue weighted by Crippen LogP contribution is 2.32. The van der Waals surface area contributed by atoms with Crippen molar-refractivity contribution >= 4 is 55.4 Å². The zero-order valence-corrected chi connectivity index (χ0v) is 18.5. The fraction of sp³-hybridized carbons (Fsp3) is 0.211. The van der Waals surface area contributed by atoms with Crippen LogP contribution < -0.4 is 10.0 Å². The largest absolute Gasteiger partial charge is 0.330 e. The van der Waals surface area contributed by atoms with Crippen molar-refractivity contribution in [3.05, 3.63) is 59.7 Å². The number of aryl methyl sites for hydroxylation is 1. The summed E-state index contributed by atoms with van der Waals surface area (Å²) in [4.78, 5) is 12.7. The zero-order valence-electron chi connectivity index (χ0n) is 16.0. The molecule has 0 saturated carbocycles. The van der Waals surface area contributed by atoms with Crippen molar-refractivity contribution in [2.24, 2.45) is 0 Å². The number of thioether (sulfide) groups is 1. The standard InChI is InChI=1S/C19H20N4O3S3/c1-12-6-4-5-7-16(12)20-18-21-22-19(28-18)27-13(2)17(24)14-8-10-15(11-9-14)23-29(3,25)26/h4-11,13,23H,1-3H3,(H,20,21). The molecular formula is C19H20N4O3S3. The van der Waals surface area contributed by atoms with Gasteiger partial charge in [0.25, 0.3) is 0 Å². The summed E-state index contributed by atoms with van der Waals surface area (Å²) in [6.45, 7) is 3.82. The summed E-state index contributed by atoms with van der Waals surface area (Å²) in [5, 5.41) is 11.8. The van der Waals surface area contributed by atoms with E-state index in [1.54, 1.807) is 24.3 Å². The van der Waals surface area contributed by atoms with Crippen LogP contribution in [0, 0.1) is 6.92 Å². The smallest absolute Gasteiger partial charge is 0.229 e. The fourth-order valence-corrected chi connectivity index (χ4v) is 5.04. The Morgan fingerprint density at radius 1 is 1.10 bits per heavy atom. The van der Waals surface area contributed by atoms with Crippen LogP contribution in [0.2, 0.25) is 0 Å². The second-order valence-corrected chi connectivity index (χ2v) is 10.7. The molecule has 10 heteroatoms. The summed E-state index contributed by atoms with van der Waals surface area (Å²) >= 11 is 2.73. The molecule has 1 unspecified atom stereocenters. The Hall–Kier alpha value is -2.43. The molecule has 0 amide bonds. The quantitative estimate of drug-likeness (QED) is 0.391. The van der Waals surface area contributed by atoms with Crippen LogP contribution in [0.15, 0.2) is 52.9 Å². The van der Waals surface area contributed by atoms with Crippen molar-refractivity contribution in [2.45, 2.75) is 23.4 Å². The third-order valence-electron chi connectivity index (χ3n) is 3.91. The molecule has 2 N–H and O–H groups in total. The van der Waals surface area contributed by atoms with Gasteiger partial charge in [-0.25, -0.2) is 8.42 Å². The number of nitrogens with one attached hydrogen (secondary N) is 2. The first kappa shape index (κ1) is 21.3. The van der Waals surface area contributed by atoms with Crippen LogP contribution in [0.5, 0.6) is 0 Å². The van der Waals surface area contributed by atoms with Crippen LogP contribution >= 0.6 is 23.1 Å². The lowest BCUT2D eigenvalue weighted by Crippen LogP contribution is -2.14. The SMILES string of the molecule is Cc1ccccc1Nc1nnc(SC(C)C(=O)c2ccc(NS(C)(=O)=O)cc2)s1. The van der Waals surface area contributed by atoms with Gasteiger partial charge in [0.1, 0.15) is 0 Å². The Labute approximate surface area is 178 Å². The summed E-state index contributed by atoms with van der Waals surface area (Å²) < 4.78 is 25.6. The maximum Gasteiger partial charge on any atom is 0.229 e. The normalized spacial score (nSPS) is 12.4. The highest BCUT2D eigenvalue weighted by Gasteiger charge is 2.19. The van der Waals surface area contributed by atoms with Crippen LogP contribution in [0.25, 0.3) is 0 Å². The number of hydrogen-bond acceptors (Lipinski definition) is 8. The van der Waals surface area contributed by atoms with Gasteiger partial charge in [-0.15, -0.1) is 10.2 Å². The summed E-state index contributed by atoms with van der Waals surface area (Å²) in [7, 11) is -3.35. The van der Waals surface area contributed by atoms with Crippen molar-refractivity contribution in [3.63, 3.8) is 0 Å². The highest BCUT2D eigenvalue weighted by molar-refractivity contribution is 8.02. The predicted octanol–water partition coefficient (Wildman–Crippen LogP) is 4.33. The number of benzene rings is 2. The zero-order chi connectivity index (χ0) is 21.0. The molecule has 0 saturated heterocycles. The predicted molar refractivity (Wildman–Crippen MR) is 119 cm³/mol. The Balaban J connectivity index is 1.63.